The minimum atomic E-state index is -0.0113. The molecule has 0 atom stereocenters. The molecule has 0 spiro atoms. The summed E-state index contributed by atoms with van der Waals surface area (Å²) in [5.74, 6) is 2.12. The lowest BCUT2D eigenvalue weighted by molar-refractivity contribution is 0.314. The van der Waals surface area contributed by atoms with Crippen molar-refractivity contribution in [3.8, 4) is 0 Å². The van der Waals surface area contributed by atoms with Crippen LogP contribution in [-0.4, -0.2) is 21.3 Å². The molecule has 0 aliphatic heterocycles. The van der Waals surface area contributed by atoms with Gasteiger partial charge < -0.3 is 5.73 Å². The Balaban J connectivity index is 1.79. The van der Waals surface area contributed by atoms with Gasteiger partial charge in [-0.25, -0.2) is 9.89 Å². The van der Waals surface area contributed by atoms with Gasteiger partial charge in [0.05, 0.1) is 0 Å². The number of H-pyrrole nitrogens is 1. The molecular weight excluding hydrogens is 240 g/mol. The van der Waals surface area contributed by atoms with E-state index in [4.69, 9.17) is 5.73 Å². The quantitative estimate of drug-likeness (QED) is 0.875. The van der Waals surface area contributed by atoms with Gasteiger partial charge in [0.2, 0.25) is 0 Å². The van der Waals surface area contributed by atoms with E-state index >= 15 is 0 Å². The average molecular weight is 264 g/mol. The largest absolute Gasteiger partial charge is 0.343 e. The molecule has 2 aliphatic carbocycles. The predicted octanol–water partition coefficient (Wildman–Crippen LogP) is 1.92. The maximum Gasteiger partial charge on any atom is 0.343 e. The van der Waals surface area contributed by atoms with Gasteiger partial charge in [0.25, 0.3) is 0 Å². The second-order valence-electron chi connectivity index (χ2n) is 6.15. The first-order valence-electron chi connectivity index (χ1n) is 7.66. The van der Waals surface area contributed by atoms with Crippen molar-refractivity contribution in [3.05, 3.63) is 16.3 Å². The van der Waals surface area contributed by atoms with Gasteiger partial charge in [-0.15, -0.1) is 0 Å². The summed E-state index contributed by atoms with van der Waals surface area (Å²) >= 11 is 0. The first kappa shape index (κ1) is 12.9. The van der Waals surface area contributed by atoms with Crippen molar-refractivity contribution in [3.63, 3.8) is 0 Å². The molecule has 2 aliphatic rings. The maximum absolute atomic E-state index is 12.0. The van der Waals surface area contributed by atoms with Crippen LogP contribution in [0.15, 0.2) is 4.79 Å². The molecule has 2 fully saturated rings. The zero-order valence-corrected chi connectivity index (χ0v) is 11.5. The summed E-state index contributed by atoms with van der Waals surface area (Å²) in [7, 11) is 0. The smallest absolute Gasteiger partial charge is 0.330 e. The van der Waals surface area contributed by atoms with E-state index in [1.165, 1.54) is 25.7 Å². The van der Waals surface area contributed by atoms with Crippen LogP contribution in [0.4, 0.5) is 0 Å². The number of nitrogens with zero attached hydrogens (tertiary/aromatic N) is 2. The number of rotatable bonds is 3. The second kappa shape index (κ2) is 5.49. The molecule has 3 rings (SSSR count). The highest BCUT2D eigenvalue weighted by Crippen LogP contribution is 2.37. The van der Waals surface area contributed by atoms with E-state index < -0.39 is 0 Å². The van der Waals surface area contributed by atoms with Crippen LogP contribution in [0.2, 0.25) is 0 Å². The topological polar surface area (TPSA) is 76.7 Å². The van der Waals surface area contributed by atoms with E-state index in [0.717, 1.165) is 38.1 Å². The van der Waals surface area contributed by atoms with Gasteiger partial charge in [-0.3, -0.25) is 4.57 Å². The molecule has 0 amide bonds. The van der Waals surface area contributed by atoms with Crippen LogP contribution >= 0.6 is 0 Å². The number of hydrogen-bond donors (Lipinski definition) is 2. The molecule has 1 aromatic heterocycles. The molecule has 106 valence electrons. The Labute approximate surface area is 113 Å². The molecule has 5 heteroatoms. The van der Waals surface area contributed by atoms with Crippen molar-refractivity contribution in [2.24, 2.45) is 11.7 Å². The van der Waals surface area contributed by atoms with E-state index in [0.29, 0.717) is 17.9 Å². The van der Waals surface area contributed by atoms with Crippen LogP contribution in [0, 0.1) is 5.92 Å². The molecule has 0 radical (unpaired) electrons. The summed E-state index contributed by atoms with van der Waals surface area (Å²) in [6, 6.07) is 0.383. The molecule has 3 N–H and O–H groups in total. The van der Waals surface area contributed by atoms with Crippen LogP contribution in [-0.2, 0) is 0 Å². The van der Waals surface area contributed by atoms with Crippen LogP contribution in [0.3, 0.4) is 0 Å². The minimum absolute atomic E-state index is 0.0113. The monoisotopic (exact) mass is 264 g/mol. The summed E-state index contributed by atoms with van der Waals surface area (Å²) in [5, 5.41) is 7.00. The lowest BCUT2D eigenvalue weighted by Gasteiger charge is -2.28. The summed E-state index contributed by atoms with van der Waals surface area (Å²) in [4.78, 5) is 12.0. The molecule has 0 unspecified atom stereocenters. The zero-order valence-electron chi connectivity index (χ0n) is 11.5. The highest BCUT2D eigenvalue weighted by molar-refractivity contribution is 5.01. The highest BCUT2D eigenvalue weighted by Gasteiger charge is 2.29. The fraction of sp³-hybridized carbons (Fsp3) is 0.857. The molecular formula is C14H24N4O. The van der Waals surface area contributed by atoms with E-state index in [9.17, 15) is 4.79 Å². The Morgan fingerprint density at radius 3 is 2.47 bits per heavy atom. The maximum atomic E-state index is 12.0. The lowest BCUT2D eigenvalue weighted by atomic mass is 9.81. The Hall–Kier alpha value is -1.10. The van der Waals surface area contributed by atoms with Crippen LogP contribution in [0.1, 0.15) is 69.2 Å². The SMILES string of the molecule is NCC1CCC(c2n[nH]c(=O)n2C2CCCC2)CC1. The fourth-order valence-corrected chi connectivity index (χ4v) is 3.78. The molecule has 1 aromatic rings. The summed E-state index contributed by atoms with van der Waals surface area (Å²) < 4.78 is 1.96. The number of hydrogen-bond acceptors (Lipinski definition) is 3. The van der Waals surface area contributed by atoms with Crippen LogP contribution in [0.25, 0.3) is 0 Å². The lowest BCUT2D eigenvalue weighted by Crippen LogP contribution is -2.26. The summed E-state index contributed by atoms with van der Waals surface area (Å²) in [6.45, 7) is 0.794. The van der Waals surface area contributed by atoms with Gasteiger partial charge in [0.1, 0.15) is 5.82 Å². The van der Waals surface area contributed by atoms with Crippen molar-refractivity contribution < 1.29 is 0 Å². The third kappa shape index (κ3) is 2.48. The average Bonchev–Trinajstić information content (AvgIpc) is 3.08. The van der Waals surface area contributed by atoms with Crippen molar-refractivity contribution in [1.29, 1.82) is 0 Å². The first-order chi connectivity index (χ1) is 9.29. The summed E-state index contributed by atoms with van der Waals surface area (Å²) in [5.41, 5.74) is 5.73. The van der Waals surface area contributed by atoms with Crippen LogP contribution in [0.5, 0.6) is 0 Å². The van der Waals surface area contributed by atoms with Gasteiger partial charge in [0, 0.05) is 12.0 Å². The van der Waals surface area contributed by atoms with Gasteiger partial charge >= 0.3 is 5.69 Å². The zero-order chi connectivity index (χ0) is 13.2. The minimum Gasteiger partial charge on any atom is -0.330 e. The third-order valence-electron chi connectivity index (χ3n) is 4.97. The van der Waals surface area contributed by atoms with E-state index in [2.05, 4.69) is 10.2 Å². The Kier molecular flexibility index (Phi) is 3.73. The normalized spacial score (nSPS) is 28.9. The Morgan fingerprint density at radius 2 is 1.84 bits per heavy atom. The molecule has 0 saturated heterocycles. The van der Waals surface area contributed by atoms with Gasteiger partial charge in [0.15, 0.2) is 0 Å². The fourth-order valence-electron chi connectivity index (χ4n) is 3.78. The van der Waals surface area contributed by atoms with Crippen molar-refractivity contribution in [1.82, 2.24) is 14.8 Å². The van der Waals surface area contributed by atoms with Crippen molar-refractivity contribution in [2.45, 2.75) is 63.3 Å². The number of nitrogens with one attached hydrogen (secondary N) is 1. The Morgan fingerprint density at radius 1 is 1.16 bits per heavy atom. The second-order valence-corrected chi connectivity index (χ2v) is 6.15. The van der Waals surface area contributed by atoms with E-state index in [1.54, 1.807) is 0 Å². The molecule has 19 heavy (non-hydrogen) atoms. The number of aromatic amines is 1. The van der Waals surface area contributed by atoms with Crippen molar-refractivity contribution >= 4 is 0 Å². The van der Waals surface area contributed by atoms with Crippen LogP contribution < -0.4 is 11.4 Å². The Bertz CT molecular complexity index is 464. The molecule has 0 bridgehead atoms. The van der Waals surface area contributed by atoms with Gasteiger partial charge in [-0.2, -0.15) is 5.10 Å². The van der Waals surface area contributed by atoms with Gasteiger partial charge in [-0.05, 0) is 51.0 Å². The molecule has 2 saturated carbocycles. The molecule has 5 nitrogen and oxygen atoms in total. The standard InChI is InChI=1S/C14H24N4O/c15-9-10-5-7-11(8-6-10)13-16-17-14(19)18(13)12-3-1-2-4-12/h10-12H,1-9,15H2,(H,17,19). The number of aromatic nitrogens is 3. The summed E-state index contributed by atoms with van der Waals surface area (Å²) in [6.07, 6.45) is 9.33. The predicted molar refractivity (Wildman–Crippen MR) is 74.1 cm³/mol. The highest BCUT2D eigenvalue weighted by atomic mass is 16.1. The molecule has 0 aromatic carbocycles. The molecule has 1 heterocycles. The van der Waals surface area contributed by atoms with E-state index in [-0.39, 0.29) is 5.69 Å². The van der Waals surface area contributed by atoms with Gasteiger partial charge in [-0.1, -0.05) is 12.8 Å². The first-order valence-corrected chi connectivity index (χ1v) is 7.66. The number of nitrogens with two attached hydrogens (primary N) is 1. The van der Waals surface area contributed by atoms with Crippen molar-refractivity contribution in [2.75, 3.05) is 6.54 Å². The third-order valence-corrected chi connectivity index (χ3v) is 4.97. The van der Waals surface area contributed by atoms with E-state index in [1.807, 2.05) is 4.57 Å².